The van der Waals surface area contributed by atoms with E-state index in [0.29, 0.717) is 19.3 Å². The van der Waals surface area contributed by atoms with Crippen LogP contribution in [-0.2, 0) is 28.6 Å². The second kappa shape index (κ2) is 62.6. The number of carbonyl (C=O) groups is 3. The summed E-state index contributed by atoms with van der Waals surface area (Å²) in [7, 11) is 0. The molecule has 0 saturated heterocycles. The van der Waals surface area contributed by atoms with Crippen LogP contribution in [0.15, 0.2) is 109 Å². The lowest BCUT2D eigenvalue weighted by Crippen LogP contribution is -2.30. The molecule has 428 valence electrons. The lowest BCUT2D eigenvalue weighted by molar-refractivity contribution is -0.167. The molecule has 0 radical (unpaired) electrons. The van der Waals surface area contributed by atoms with Crippen molar-refractivity contribution >= 4 is 17.9 Å². The number of hydrogen-bond donors (Lipinski definition) is 0. The number of ether oxygens (including phenoxy) is 3. The second-order valence-corrected chi connectivity index (χ2v) is 20.5. The van der Waals surface area contributed by atoms with E-state index in [0.717, 1.165) is 122 Å². The molecule has 0 aromatic rings. The van der Waals surface area contributed by atoms with Crippen molar-refractivity contribution in [3.63, 3.8) is 0 Å². The highest BCUT2D eigenvalue weighted by molar-refractivity contribution is 5.71. The van der Waals surface area contributed by atoms with Crippen LogP contribution < -0.4 is 0 Å². The van der Waals surface area contributed by atoms with E-state index in [1.807, 2.05) is 0 Å². The Morgan fingerprint density at radius 3 is 0.813 bits per heavy atom. The zero-order valence-electron chi connectivity index (χ0n) is 49.0. The summed E-state index contributed by atoms with van der Waals surface area (Å²) in [4.78, 5) is 38.3. The number of carbonyl (C=O) groups excluding carboxylic acids is 3. The first-order valence-corrected chi connectivity index (χ1v) is 31.4. The fourth-order valence-electron chi connectivity index (χ4n) is 8.60. The van der Waals surface area contributed by atoms with Crippen LogP contribution in [-0.4, -0.2) is 37.2 Å². The van der Waals surface area contributed by atoms with E-state index in [4.69, 9.17) is 14.2 Å². The van der Waals surface area contributed by atoms with Gasteiger partial charge < -0.3 is 14.2 Å². The second-order valence-electron chi connectivity index (χ2n) is 20.5. The number of hydrogen-bond acceptors (Lipinski definition) is 6. The molecular formula is C69H116O6. The van der Waals surface area contributed by atoms with E-state index in [2.05, 4.69) is 130 Å². The van der Waals surface area contributed by atoms with Gasteiger partial charge in [0.1, 0.15) is 13.2 Å². The van der Waals surface area contributed by atoms with Gasteiger partial charge >= 0.3 is 17.9 Å². The third-order valence-corrected chi connectivity index (χ3v) is 13.2. The Labute approximate surface area is 463 Å². The first-order chi connectivity index (χ1) is 37.0. The smallest absolute Gasteiger partial charge is 0.306 e. The summed E-state index contributed by atoms with van der Waals surface area (Å²) >= 11 is 0. The van der Waals surface area contributed by atoms with Gasteiger partial charge in [-0.1, -0.05) is 259 Å². The van der Waals surface area contributed by atoms with Gasteiger partial charge in [-0.3, -0.25) is 14.4 Å². The number of esters is 3. The monoisotopic (exact) mass is 1040 g/mol. The zero-order valence-corrected chi connectivity index (χ0v) is 49.0. The van der Waals surface area contributed by atoms with Crippen molar-refractivity contribution in [1.29, 1.82) is 0 Å². The number of rotatable bonds is 56. The molecular weight excluding hydrogens is 925 g/mol. The molecule has 0 aliphatic rings. The van der Waals surface area contributed by atoms with Gasteiger partial charge in [0.25, 0.3) is 0 Å². The number of unbranched alkanes of at least 4 members (excludes halogenated alkanes) is 27. The summed E-state index contributed by atoms with van der Waals surface area (Å²) in [6.07, 6.45) is 85.1. The van der Waals surface area contributed by atoms with E-state index >= 15 is 0 Å². The number of allylic oxidation sites excluding steroid dienone is 18. The first-order valence-electron chi connectivity index (χ1n) is 31.4. The van der Waals surface area contributed by atoms with Gasteiger partial charge in [-0.25, -0.2) is 0 Å². The predicted octanol–water partition coefficient (Wildman–Crippen LogP) is 21.4. The fraction of sp³-hybridized carbons (Fsp3) is 0.696. The Balaban J connectivity index is 4.39. The molecule has 1 atom stereocenters. The average Bonchev–Trinajstić information content (AvgIpc) is 3.41. The van der Waals surface area contributed by atoms with Crippen molar-refractivity contribution in [3.05, 3.63) is 109 Å². The minimum Gasteiger partial charge on any atom is -0.462 e. The fourth-order valence-corrected chi connectivity index (χ4v) is 8.60. The molecule has 6 heteroatoms. The van der Waals surface area contributed by atoms with Gasteiger partial charge in [0, 0.05) is 19.3 Å². The molecule has 0 rings (SSSR count). The van der Waals surface area contributed by atoms with Crippen molar-refractivity contribution in [2.45, 2.75) is 297 Å². The van der Waals surface area contributed by atoms with E-state index in [1.54, 1.807) is 0 Å². The van der Waals surface area contributed by atoms with Gasteiger partial charge in [0.2, 0.25) is 0 Å². The van der Waals surface area contributed by atoms with Crippen molar-refractivity contribution in [1.82, 2.24) is 0 Å². The molecule has 0 aliphatic heterocycles. The highest BCUT2D eigenvalue weighted by atomic mass is 16.6. The summed E-state index contributed by atoms with van der Waals surface area (Å²) in [5, 5.41) is 0. The SMILES string of the molecule is CC/C=C\C/C=C\C/C=C\C/C=C\CCCCCCCCCCCCC(=O)OCC(COC(=O)CCCCCCCCC/C=C\C/C=C\CCCCC)OC(=O)CCCCCCCCC/C=C\C/C=C\C/C=C\CC. The van der Waals surface area contributed by atoms with Crippen LogP contribution in [0.2, 0.25) is 0 Å². The van der Waals surface area contributed by atoms with E-state index in [1.165, 1.54) is 128 Å². The molecule has 6 nitrogen and oxygen atoms in total. The molecule has 0 saturated carbocycles. The molecule has 0 heterocycles. The average molecular weight is 1040 g/mol. The molecule has 0 N–H and O–H groups in total. The minimum absolute atomic E-state index is 0.0875. The summed E-state index contributed by atoms with van der Waals surface area (Å²) in [6.45, 7) is 6.39. The van der Waals surface area contributed by atoms with Gasteiger partial charge in [0.05, 0.1) is 0 Å². The largest absolute Gasteiger partial charge is 0.462 e. The maximum atomic E-state index is 12.9. The van der Waals surface area contributed by atoms with Crippen molar-refractivity contribution in [3.8, 4) is 0 Å². The molecule has 0 fully saturated rings. The van der Waals surface area contributed by atoms with Crippen LogP contribution >= 0.6 is 0 Å². The van der Waals surface area contributed by atoms with Crippen molar-refractivity contribution in [2.24, 2.45) is 0 Å². The predicted molar refractivity (Wildman–Crippen MR) is 325 cm³/mol. The standard InChI is InChI=1S/C69H116O6/c1-4-7-10-13-16-19-22-25-28-31-32-33-34-35-36-39-41-44-47-50-53-56-59-62-68(71)74-65-66(75-69(72)63-60-57-54-51-48-45-42-38-30-27-24-21-18-15-12-9-6-3)64-73-67(70)61-58-55-52-49-46-43-40-37-29-26-23-20-17-14-11-8-5-2/h7,9-10,12,16-21,25-30,32-33,66H,4-6,8,11,13-15,22-24,31,34-65H2,1-3H3/b10-7-,12-9-,19-16-,20-17-,21-18-,28-25-,29-26-,30-27-,33-32-. The van der Waals surface area contributed by atoms with Crippen LogP contribution in [0, 0.1) is 0 Å². The lowest BCUT2D eigenvalue weighted by Gasteiger charge is -2.18. The normalized spacial score (nSPS) is 12.8. The van der Waals surface area contributed by atoms with Crippen LogP contribution in [0.1, 0.15) is 290 Å². The maximum absolute atomic E-state index is 12.9. The van der Waals surface area contributed by atoms with Crippen LogP contribution in [0.5, 0.6) is 0 Å². The van der Waals surface area contributed by atoms with Crippen LogP contribution in [0.3, 0.4) is 0 Å². The Kier molecular flexibility index (Phi) is 59.3. The highest BCUT2D eigenvalue weighted by Crippen LogP contribution is 2.16. The molecule has 0 bridgehead atoms. The van der Waals surface area contributed by atoms with Crippen LogP contribution in [0.4, 0.5) is 0 Å². The van der Waals surface area contributed by atoms with E-state index in [-0.39, 0.29) is 31.1 Å². The van der Waals surface area contributed by atoms with Gasteiger partial charge in [0.15, 0.2) is 6.10 Å². The zero-order chi connectivity index (χ0) is 54.3. The lowest BCUT2D eigenvalue weighted by atomic mass is 10.1. The highest BCUT2D eigenvalue weighted by Gasteiger charge is 2.19. The van der Waals surface area contributed by atoms with Gasteiger partial charge in [-0.05, 0) is 122 Å². The Bertz CT molecular complexity index is 1520. The van der Waals surface area contributed by atoms with Crippen molar-refractivity contribution < 1.29 is 28.6 Å². The molecule has 75 heavy (non-hydrogen) atoms. The molecule has 0 aromatic heterocycles. The Morgan fingerprint density at radius 1 is 0.280 bits per heavy atom. The molecule has 1 unspecified atom stereocenters. The summed E-state index contributed by atoms with van der Waals surface area (Å²) in [6, 6.07) is 0. The topological polar surface area (TPSA) is 78.9 Å². The third-order valence-electron chi connectivity index (χ3n) is 13.2. The van der Waals surface area contributed by atoms with Gasteiger partial charge in [-0.2, -0.15) is 0 Å². The van der Waals surface area contributed by atoms with Crippen LogP contribution in [0.25, 0.3) is 0 Å². The summed E-state index contributed by atoms with van der Waals surface area (Å²) in [5.74, 6) is -0.902. The molecule has 0 aromatic carbocycles. The summed E-state index contributed by atoms with van der Waals surface area (Å²) < 4.78 is 16.9. The quantitative estimate of drug-likeness (QED) is 0.0261. The Morgan fingerprint density at radius 2 is 0.520 bits per heavy atom. The minimum atomic E-state index is -0.792. The third kappa shape index (κ3) is 60.8. The summed E-state index contributed by atoms with van der Waals surface area (Å²) in [5.41, 5.74) is 0. The first kappa shape index (κ1) is 71.1. The maximum Gasteiger partial charge on any atom is 0.306 e. The van der Waals surface area contributed by atoms with E-state index in [9.17, 15) is 14.4 Å². The molecule has 0 amide bonds. The van der Waals surface area contributed by atoms with Crippen molar-refractivity contribution in [2.75, 3.05) is 13.2 Å². The molecule has 0 spiro atoms. The van der Waals surface area contributed by atoms with E-state index < -0.39 is 6.10 Å². The molecule has 0 aliphatic carbocycles. The van der Waals surface area contributed by atoms with Gasteiger partial charge in [-0.15, -0.1) is 0 Å². The Hall–Kier alpha value is -3.93.